The van der Waals surface area contributed by atoms with Crippen molar-refractivity contribution in [2.24, 2.45) is 5.73 Å². The third kappa shape index (κ3) is 3.35. The molecule has 2 unspecified atom stereocenters. The summed E-state index contributed by atoms with van der Waals surface area (Å²) in [5.41, 5.74) is 7.28. The topological polar surface area (TPSA) is 46.2 Å². The molecule has 0 amide bonds. The van der Waals surface area contributed by atoms with Gasteiger partial charge in [0.25, 0.3) is 0 Å². The maximum atomic E-state index is 10.6. The molecule has 20 heavy (non-hydrogen) atoms. The van der Waals surface area contributed by atoms with Crippen molar-refractivity contribution in [3.8, 4) is 0 Å². The second-order valence-electron chi connectivity index (χ2n) is 4.47. The highest BCUT2D eigenvalue weighted by atomic mass is 79.9. The van der Waals surface area contributed by atoms with Crippen LogP contribution in [0.4, 0.5) is 0 Å². The van der Waals surface area contributed by atoms with Crippen LogP contribution in [0, 0.1) is 0 Å². The minimum Gasteiger partial charge on any atom is -0.388 e. The molecule has 106 valence electrons. The fourth-order valence-electron chi connectivity index (χ4n) is 2.16. The normalized spacial score (nSPS) is 14.1. The van der Waals surface area contributed by atoms with Gasteiger partial charge >= 0.3 is 0 Å². The summed E-state index contributed by atoms with van der Waals surface area (Å²) in [4.78, 5) is 0. The van der Waals surface area contributed by atoms with Crippen LogP contribution in [0.5, 0.6) is 0 Å². The van der Waals surface area contributed by atoms with Crippen molar-refractivity contribution in [1.29, 1.82) is 0 Å². The van der Waals surface area contributed by atoms with Gasteiger partial charge in [0.2, 0.25) is 0 Å². The quantitative estimate of drug-likeness (QED) is 0.825. The van der Waals surface area contributed by atoms with Gasteiger partial charge in [0.15, 0.2) is 0 Å². The Morgan fingerprint density at radius 3 is 2.35 bits per heavy atom. The summed E-state index contributed by atoms with van der Waals surface area (Å²) in [7, 11) is 0. The van der Waals surface area contributed by atoms with E-state index in [1.807, 2.05) is 24.3 Å². The van der Waals surface area contributed by atoms with E-state index in [0.29, 0.717) is 15.6 Å². The lowest BCUT2D eigenvalue weighted by Gasteiger charge is -2.24. The van der Waals surface area contributed by atoms with Crippen LogP contribution in [-0.2, 0) is 0 Å². The zero-order valence-corrected chi connectivity index (χ0v) is 13.7. The Kier molecular flexibility index (Phi) is 5.47. The first-order valence-corrected chi connectivity index (χ1v) is 7.67. The van der Waals surface area contributed by atoms with Gasteiger partial charge in [-0.3, -0.25) is 0 Å². The van der Waals surface area contributed by atoms with Gasteiger partial charge in [-0.25, -0.2) is 0 Å². The number of hydrogen-bond donors (Lipinski definition) is 2. The largest absolute Gasteiger partial charge is 0.388 e. The Morgan fingerprint density at radius 2 is 1.70 bits per heavy atom. The first-order chi connectivity index (χ1) is 9.54. The van der Waals surface area contributed by atoms with Crippen LogP contribution in [0.25, 0.3) is 0 Å². The number of aliphatic hydroxyl groups is 1. The Labute approximate surface area is 136 Å². The molecule has 0 aromatic heterocycles. The van der Waals surface area contributed by atoms with Gasteiger partial charge < -0.3 is 10.8 Å². The molecule has 2 rings (SSSR count). The van der Waals surface area contributed by atoms with Gasteiger partial charge in [-0.1, -0.05) is 57.3 Å². The van der Waals surface area contributed by atoms with E-state index in [1.54, 1.807) is 18.2 Å². The van der Waals surface area contributed by atoms with Crippen molar-refractivity contribution in [2.45, 2.75) is 12.0 Å². The number of nitrogens with two attached hydrogens (primary N) is 1. The molecule has 0 bridgehead atoms. The van der Waals surface area contributed by atoms with E-state index in [2.05, 4.69) is 15.9 Å². The lowest BCUT2D eigenvalue weighted by Crippen LogP contribution is -2.20. The molecule has 5 heteroatoms. The summed E-state index contributed by atoms with van der Waals surface area (Å²) in [6, 6.07) is 12.7. The van der Waals surface area contributed by atoms with Crippen molar-refractivity contribution in [3.05, 3.63) is 68.1 Å². The maximum Gasteiger partial charge on any atom is 0.0885 e. The molecule has 2 aromatic carbocycles. The Balaban J connectivity index is 2.41. The van der Waals surface area contributed by atoms with Gasteiger partial charge in [-0.2, -0.15) is 0 Å². The molecule has 0 aliphatic carbocycles. The molecule has 3 N–H and O–H groups in total. The highest BCUT2D eigenvalue weighted by molar-refractivity contribution is 9.10. The predicted octanol–water partition coefficient (Wildman–Crippen LogP) is 4.53. The number of benzene rings is 2. The average molecular weight is 375 g/mol. The summed E-state index contributed by atoms with van der Waals surface area (Å²) >= 11 is 15.7. The van der Waals surface area contributed by atoms with Crippen LogP contribution in [0.2, 0.25) is 10.0 Å². The Morgan fingerprint density at radius 1 is 1.05 bits per heavy atom. The molecule has 0 aliphatic heterocycles. The van der Waals surface area contributed by atoms with Crippen LogP contribution in [0.15, 0.2) is 46.9 Å². The zero-order valence-electron chi connectivity index (χ0n) is 10.6. The molecule has 0 saturated heterocycles. The highest BCUT2D eigenvalue weighted by Gasteiger charge is 2.25. The van der Waals surface area contributed by atoms with Gasteiger partial charge in [-0.05, 0) is 29.8 Å². The molecule has 0 saturated carbocycles. The lowest BCUT2D eigenvalue weighted by molar-refractivity contribution is 0.147. The fraction of sp³-hybridized carbons (Fsp3) is 0.200. The van der Waals surface area contributed by atoms with E-state index in [9.17, 15) is 5.11 Å². The van der Waals surface area contributed by atoms with E-state index in [-0.39, 0.29) is 12.5 Å². The molecule has 0 radical (unpaired) electrons. The molecule has 0 aliphatic rings. The van der Waals surface area contributed by atoms with E-state index >= 15 is 0 Å². The van der Waals surface area contributed by atoms with Crippen LogP contribution in [0.1, 0.15) is 23.1 Å². The predicted molar refractivity (Wildman–Crippen MR) is 87.4 cm³/mol. The first kappa shape index (κ1) is 15.8. The van der Waals surface area contributed by atoms with Gasteiger partial charge in [-0.15, -0.1) is 0 Å². The van der Waals surface area contributed by atoms with Crippen molar-refractivity contribution in [3.63, 3.8) is 0 Å². The number of aliphatic hydroxyl groups excluding tert-OH is 1. The van der Waals surface area contributed by atoms with Crippen molar-refractivity contribution < 1.29 is 5.11 Å². The second-order valence-corrected chi connectivity index (χ2v) is 6.20. The summed E-state index contributed by atoms with van der Waals surface area (Å²) in [5.74, 6) is -0.310. The van der Waals surface area contributed by atoms with Crippen LogP contribution >= 0.6 is 39.1 Å². The second kappa shape index (κ2) is 6.92. The monoisotopic (exact) mass is 373 g/mol. The summed E-state index contributed by atoms with van der Waals surface area (Å²) in [6.07, 6.45) is -0.815. The summed E-state index contributed by atoms with van der Waals surface area (Å²) in [5, 5.41) is 11.7. The third-order valence-electron chi connectivity index (χ3n) is 3.22. The van der Waals surface area contributed by atoms with Crippen molar-refractivity contribution in [2.75, 3.05) is 6.54 Å². The number of halogens is 3. The summed E-state index contributed by atoms with van der Waals surface area (Å²) in [6.45, 7) is 0.272. The minimum absolute atomic E-state index is 0.272. The standard InChI is InChI=1S/C15H14BrCl2NO/c16-9-5-6-14(18)11(7-9)15(20)12(8-19)10-3-1-2-4-13(10)17/h1-7,12,15,20H,8,19H2. The molecule has 0 fully saturated rings. The smallest absolute Gasteiger partial charge is 0.0885 e. The first-order valence-electron chi connectivity index (χ1n) is 6.12. The minimum atomic E-state index is -0.815. The molecular formula is C15H14BrCl2NO. The fourth-order valence-corrected chi connectivity index (χ4v) is 3.04. The molecular weight excluding hydrogens is 361 g/mol. The van der Waals surface area contributed by atoms with E-state index in [4.69, 9.17) is 28.9 Å². The molecule has 2 atom stereocenters. The number of hydrogen-bond acceptors (Lipinski definition) is 2. The average Bonchev–Trinajstić information content (AvgIpc) is 2.44. The molecule has 2 nitrogen and oxygen atoms in total. The van der Waals surface area contributed by atoms with Gasteiger partial charge in [0.1, 0.15) is 0 Å². The molecule has 0 spiro atoms. The highest BCUT2D eigenvalue weighted by Crippen LogP contribution is 2.37. The molecule has 0 heterocycles. The SMILES string of the molecule is NCC(c1ccccc1Cl)C(O)c1cc(Br)ccc1Cl. The zero-order chi connectivity index (χ0) is 14.7. The van der Waals surface area contributed by atoms with Gasteiger partial charge in [0.05, 0.1) is 6.10 Å². The molecule has 2 aromatic rings. The van der Waals surface area contributed by atoms with Crippen molar-refractivity contribution >= 4 is 39.1 Å². The van der Waals surface area contributed by atoms with E-state index in [1.165, 1.54) is 0 Å². The van der Waals surface area contributed by atoms with E-state index in [0.717, 1.165) is 10.0 Å². The lowest BCUT2D eigenvalue weighted by atomic mass is 9.89. The van der Waals surface area contributed by atoms with E-state index < -0.39 is 6.10 Å². The third-order valence-corrected chi connectivity index (χ3v) is 4.40. The Bertz CT molecular complexity index is 606. The van der Waals surface area contributed by atoms with Crippen molar-refractivity contribution in [1.82, 2.24) is 0 Å². The van der Waals surface area contributed by atoms with Crippen LogP contribution < -0.4 is 5.73 Å². The maximum absolute atomic E-state index is 10.6. The van der Waals surface area contributed by atoms with Crippen LogP contribution in [-0.4, -0.2) is 11.7 Å². The Hall–Kier alpha value is -0.580. The number of rotatable bonds is 4. The summed E-state index contributed by atoms with van der Waals surface area (Å²) < 4.78 is 0.853. The van der Waals surface area contributed by atoms with Gasteiger partial charge in [0, 0.05) is 32.5 Å². The van der Waals surface area contributed by atoms with Crippen LogP contribution in [0.3, 0.4) is 0 Å².